The van der Waals surface area contributed by atoms with Gasteiger partial charge in [0, 0.05) is 14.5 Å². The lowest BCUT2D eigenvalue weighted by atomic mass is 10.1. The summed E-state index contributed by atoms with van der Waals surface area (Å²) in [7, 11) is 0. The second kappa shape index (κ2) is 5.53. The minimum absolute atomic E-state index is 0.0762. The van der Waals surface area contributed by atoms with Crippen LogP contribution < -0.4 is 0 Å². The lowest BCUT2D eigenvalue weighted by Crippen LogP contribution is -1.99. The zero-order valence-electron chi connectivity index (χ0n) is 8.14. The predicted molar refractivity (Wildman–Crippen MR) is 82.3 cm³/mol. The molecule has 0 aliphatic carbocycles. The molecule has 2 aromatic rings. The number of hydrogen-bond acceptors (Lipinski definition) is 2. The van der Waals surface area contributed by atoms with Crippen molar-refractivity contribution in [3.8, 4) is 0 Å². The molecule has 1 heterocycles. The van der Waals surface area contributed by atoms with Crippen LogP contribution in [0.15, 0.2) is 37.0 Å². The van der Waals surface area contributed by atoms with Crippen LogP contribution in [-0.2, 0) is 0 Å². The highest BCUT2D eigenvalue weighted by Gasteiger charge is 2.17. The van der Waals surface area contributed by atoms with Gasteiger partial charge in [-0.25, -0.2) is 0 Å². The number of carbonyl (C=O) groups excluding carboxylic acids is 1. The molecule has 0 spiro atoms. The Morgan fingerprint density at radius 1 is 1.18 bits per heavy atom. The van der Waals surface area contributed by atoms with Crippen LogP contribution in [-0.4, -0.2) is 5.78 Å². The Morgan fingerprint density at radius 2 is 1.88 bits per heavy atom. The maximum atomic E-state index is 12.2. The van der Waals surface area contributed by atoms with Gasteiger partial charge >= 0.3 is 0 Å². The minimum atomic E-state index is -0.0762. The van der Waals surface area contributed by atoms with E-state index in [1.807, 2.05) is 0 Å². The van der Waals surface area contributed by atoms with E-state index in [2.05, 4.69) is 47.8 Å². The molecule has 0 radical (unpaired) electrons. The molecular weight excluding hydrogens is 455 g/mol. The molecule has 0 saturated heterocycles. The van der Waals surface area contributed by atoms with Gasteiger partial charge in [0.1, 0.15) is 0 Å². The molecule has 88 valence electrons. The smallest absolute Gasteiger partial charge is 0.204 e. The number of rotatable bonds is 2. The molecule has 0 aliphatic rings. The van der Waals surface area contributed by atoms with Crippen LogP contribution in [0.5, 0.6) is 0 Å². The van der Waals surface area contributed by atoms with Crippen molar-refractivity contribution in [1.82, 2.24) is 0 Å². The first-order valence-corrected chi connectivity index (χ1v) is 8.01. The van der Waals surface area contributed by atoms with Gasteiger partial charge in [0.2, 0.25) is 5.78 Å². The van der Waals surface area contributed by atoms with E-state index in [-0.39, 0.29) is 5.78 Å². The Hall–Kier alpha value is 0.320. The molecule has 0 amide bonds. The molecule has 0 atom stereocenters. The molecule has 1 nitrogen and oxygen atoms in total. The molecule has 0 saturated carbocycles. The summed E-state index contributed by atoms with van der Waals surface area (Å²) >= 11 is 17.5. The summed E-state index contributed by atoms with van der Waals surface area (Å²) in [6.07, 6.45) is 0. The largest absolute Gasteiger partial charge is 0.288 e. The van der Waals surface area contributed by atoms with Crippen LogP contribution in [0.4, 0.5) is 0 Å². The van der Waals surface area contributed by atoms with Gasteiger partial charge in [-0.05, 0) is 66.0 Å². The summed E-state index contributed by atoms with van der Waals surface area (Å²) < 4.78 is 2.49. The van der Waals surface area contributed by atoms with Crippen LogP contribution in [0.2, 0.25) is 5.02 Å². The van der Waals surface area contributed by atoms with Crippen molar-refractivity contribution in [2.24, 2.45) is 0 Å². The zero-order chi connectivity index (χ0) is 12.6. The van der Waals surface area contributed by atoms with Crippen molar-refractivity contribution >= 4 is 76.5 Å². The van der Waals surface area contributed by atoms with Gasteiger partial charge in [-0.15, -0.1) is 11.3 Å². The molecule has 6 heteroatoms. The highest BCUT2D eigenvalue weighted by Crippen LogP contribution is 2.35. The van der Waals surface area contributed by atoms with E-state index in [9.17, 15) is 4.79 Å². The number of halogens is 4. The standard InChI is InChI=1S/C11H4Br3ClOS/c12-6-3-1-2-5(9(6)15)10(16)8-4-7(13)11(14)17-8/h1-4H. The van der Waals surface area contributed by atoms with Gasteiger partial charge in [-0.3, -0.25) is 4.79 Å². The SMILES string of the molecule is O=C(c1cc(Br)c(Br)s1)c1cccc(Br)c1Cl. The Balaban J connectivity index is 2.47. The van der Waals surface area contributed by atoms with E-state index in [4.69, 9.17) is 11.6 Å². The van der Waals surface area contributed by atoms with Crippen LogP contribution in [0.1, 0.15) is 15.2 Å². The average molecular weight is 459 g/mol. The molecular formula is C11H4Br3ClOS. The number of benzene rings is 1. The quantitative estimate of drug-likeness (QED) is 0.510. The molecule has 0 bridgehead atoms. The zero-order valence-corrected chi connectivity index (χ0v) is 14.5. The third kappa shape index (κ3) is 2.84. The summed E-state index contributed by atoms with van der Waals surface area (Å²) in [5.41, 5.74) is 0.502. The Kier molecular flexibility index (Phi) is 4.47. The maximum Gasteiger partial charge on any atom is 0.204 e. The first-order valence-electron chi connectivity index (χ1n) is 4.44. The molecule has 0 fully saturated rings. The second-order valence-corrected chi connectivity index (χ2v) is 7.62. The van der Waals surface area contributed by atoms with Gasteiger partial charge in [0.05, 0.1) is 13.7 Å². The molecule has 0 unspecified atom stereocenters. The summed E-state index contributed by atoms with van der Waals surface area (Å²) in [6.45, 7) is 0. The lowest BCUT2D eigenvalue weighted by Gasteiger charge is -2.02. The van der Waals surface area contributed by atoms with E-state index in [1.54, 1.807) is 24.3 Å². The van der Waals surface area contributed by atoms with E-state index in [1.165, 1.54) is 11.3 Å². The van der Waals surface area contributed by atoms with Gasteiger partial charge in [-0.2, -0.15) is 0 Å². The van der Waals surface area contributed by atoms with Crippen LogP contribution in [0.3, 0.4) is 0 Å². The van der Waals surface area contributed by atoms with E-state index < -0.39 is 0 Å². The normalized spacial score (nSPS) is 10.6. The second-order valence-electron chi connectivity index (χ2n) is 3.16. The van der Waals surface area contributed by atoms with E-state index in [0.29, 0.717) is 15.5 Å². The van der Waals surface area contributed by atoms with Gasteiger partial charge < -0.3 is 0 Å². The number of carbonyl (C=O) groups is 1. The molecule has 2 rings (SSSR count). The fraction of sp³-hybridized carbons (Fsp3) is 0. The summed E-state index contributed by atoms with van der Waals surface area (Å²) in [5.74, 6) is -0.0762. The van der Waals surface area contributed by atoms with Gasteiger partial charge in [0.25, 0.3) is 0 Å². The van der Waals surface area contributed by atoms with Crippen molar-refractivity contribution in [1.29, 1.82) is 0 Å². The monoisotopic (exact) mass is 456 g/mol. The number of hydrogen-bond donors (Lipinski definition) is 0. The first-order chi connectivity index (χ1) is 8.00. The highest BCUT2D eigenvalue weighted by molar-refractivity contribution is 9.13. The van der Waals surface area contributed by atoms with Crippen molar-refractivity contribution in [2.75, 3.05) is 0 Å². The summed E-state index contributed by atoms with van der Waals surface area (Å²) in [6, 6.07) is 7.10. The van der Waals surface area contributed by atoms with Crippen molar-refractivity contribution < 1.29 is 4.79 Å². The fourth-order valence-electron chi connectivity index (χ4n) is 1.27. The summed E-state index contributed by atoms with van der Waals surface area (Å²) in [4.78, 5) is 12.9. The van der Waals surface area contributed by atoms with E-state index in [0.717, 1.165) is 12.7 Å². The average Bonchev–Trinajstić information content (AvgIpc) is 2.62. The van der Waals surface area contributed by atoms with Gasteiger partial charge in [-0.1, -0.05) is 17.7 Å². The van der Waals surface area contributed by atoms with Crippen LogP contribution >= 0.6 is 70.7 Å². The number of ketones is 1. The van der Waals surface area contributed by atoms with Crippen molar-refractivity contribution in [3.63, 3.8) is 0 Å². The minimum Gasteiger partial charge on any atom is -0.288 e. The predicted octanol–water partition coefficient (Wildman–Crippen LogP) is 5.92. The first kappa shape index (κ1) is 13.7. The molecule has 17 heavy (non-hydrogen) atoms. The van der Waals surface area contributed by atoms with Crippen LogP contribution in [0, 0.1) is 0 Å². The Morgan fingerprint density at radius 3 is 2.47 bits per heavy atom. The molecule has 0 aliphatic heterocycles. The maximum absolute atomic E-state index is 12.2. The molecule has 1 aromatic heterocycles. The van der Waals surface area contributed by atoms with Crippen molar-refractivity contribution in [2.45, 2.75) is 0 Å². The molecule has 0 N–H and O–H groups in total. The van der Waals surface area contributed by atoms with E-state index >= 15 is 0 Å². The topological polar surface area (TPSA) is 17.1 Å². The number of thiophene rings is 1. The third-order valence-electron chi connectivity index (χ3n) is 2.07. The van der Waals surface area contributed by atoms with Crippen LogP contribution in [0.25, 0.3) is 0 Å². The van der Waals surface area contributed by atoms with Crippen molar-refractivity contribution in [3.05, 3.63) is 52.5 Å². The third-order valence-corrected chi connectivity index (χ3v) is 6.62. The lowest BCUT2D eigenvalue weighted by molar-refractivity contribution is 0.104. The summed E-state index contributed by atoms with van der Waals surface area (Å²) in [5, 5.41) is 0.443. The fourth-order valence-corrected chi connectivity index (χ4v) is 3.84. The Bertz CT molecular complexity index is 575. The van der Waals surface area contributed by atoms with Gasteiger partial charge in [0.15, 0.2) is 0 Å². The Labute approximate surface area is 133 Å². The molecule has 1 aromatic carbocycles. The highest BCUT2D eigenvalue weighted by atomic mass is 79.9.